The van der Waals surface area contributed by atoms with Gasteiger partial charge >= 0.3 is 0 Å². The van der Waals surface area contributed by atoms with Gasteiger partial charge in [0.15, 0.2) is 11.6 Å². The van der Waals surface area contributed by atoms with Gasteiger partial charge in [-0.1, -0.05) is 18.2 Å². The minimum atomic E-state index is -0.316. The van der Waals surface area contributed by atoms with Crippen LogP contribution in [0.15, 0.2) is 42.7 Å². The van der Waals surface area contributed by atoms with Crippen molar-refractivity contribution in [1.82, 2.24) is 10.3 Å². The number of hydrogen-bond donors (Lipinski definition) is 1. The molecule has 0 aliphatic heterocycles. The Morgan fingerprint density at radius 3 is 2.90 bits per heavy atom. The highest BCUT2D eigenvalue weighted by atomic mass is 19.1. The van der Waals surface area contributed by atoms with E-state index in [9.17, 15) is 4.39 Å². The second kappa shape index (κ2) is 6.01. The third-order valence-corrected chi connectivity index (χ3v) is 3.31. The molecule has 2 aromatic rings. The fraction of sp³-hybridized carbons (Fsp3) is 0.312. The summed E-state index contributed by atoms with van der Waals surface area (Å²) in [5.41, 5.74) is 1.79. The van der Waals surface area contributed by atoms with E-state index in [0.717, 1.165) is 11.1 Å². The van der Waals surface area contributed by atoms with E-state index in [0.29, 0.717) is 24.9 Å². The number of para-hydroxylation sites is 1. The molecule has 0 bridgehead atoms. The maximum atomic E-state index is 13.9. The minimum Gasteiger partial charge on any atom is -0.485 e. The van der Waals surface area contributed by atoms with Crippen molar-refractivity contribution in [3.63, 3.8) is 0 Å². The molecule has 1 fully saturated rings. The molecule has 0 spiro atoms. The van der Waals surface area contributed by atoms with Gasteiger partial charge in [0.1, 0.15) is 6.61 Å². The van der Waals surface area contributed by atoms with Crippen LogP contribution in [0, 0.1) is 5.82 Å². The van der Waals surface area contributed by atoms with Crippen molar-refractivity contribution in [3.8, 4) is 5.75 Å². The molecule has 1 N–H and O–H groups in total. The van der Waals surface area contributed by atoms with Crippen molar-refractivity contribution >= 4 is 0 Å². The monoisotopic (exact) mass is 272 g/mol. The molecule has 1 aromatic heterocycles. The van der Waals surface area contributed by atoms with E-state index >= 15 is 0 Å². The van der Waals surface area contributed by atoms with Crippen molar-refractivity contribution in [1.29, 1.82) is 0 Å². The Bertz CT molecular complexity index is 570. The maximum Gasteiger partial charge on any atom is 0.165 e. The number of hydrogen-bond acceptors (Lipinski definition) is 3. The lowest BCUT2D eigenvalue weighted by Gasteiger charge is -2.13. The van der Waals surface area contributed by atoms with Crippen molar-refractivity contribution in [3.05, 3.63) is 59.7 Å². The van der Waals surface area contributed by atoms with Gasteiger partial charge in [0.25, 0.3) is 0 Å². The zero-order valence-electron chi connectivity index (χ0n) is 11.2. The number of nitrogens with zero attached hydrogens (tertiary/aromatic N) is 1. The van der Waals surface area contributed by atoms with Gasteiger partial charge in [-0.15, -0.1) is 0 Å². The van der Waals surface area contributed by atoms with Crippen LogP contribution in [-0.4, -0.2) is 11.0 Å². The first-order valence-electron chi connectivity index (χ1n) is 6.85. The number of halogens is 1. The summed E-state index contributed by atoms with van der Waals surface area (Å²) in [7, 11) is 0. The average molecular weight is 272 g/mol. The van der Waals surface area contributed by atoms with Crippen LogP contribution in [0.2, 0.25) is 0 Å². The first-order chi connectivity index (χ1) is 9.83. The van der Waals surface area contributed by atoms with Crippen molar-refractivity contribution in [2.24, 2.45) is 0 Å². The zero-order valence-corrected chi connectivity index (χ0v) is 11.2. The Balaban J connectivity index is 1.69. The van der Waals surface area contributed by atoms with E-state index in [4.69, 9.17) is 4.74 Å². The number of ether oxygens (including phenoxy) is 1. The number of benzene rings is 1. The van der Waals surface area contributed by atoms with E-state index in [1.807, 2.05) is 18.2 Å². The first-order valence-corrected chi connectivity index (χ1v) is 6.85. The third kappa shape index (κ3) is 3.33. The average Bonchev–Trinajstić information content (AvgIpc) is 3.29. The van der Waals surface area contributed by atoms with Gasteiger partial charge < -0.3 is 10.1 Å². The predicted octanol–water partition coefficient (Wildman–Crippen LogP) is 3.05. The minimum absolute atomic E-state index is 0.316. The second-order valence-electron chi connectivity index (χ2n) is 5.03. The lowest BCUT2D eigenvalue weighted by atomic mass is 10.2. The van der Waals surface area contributed by atoms with Crippen molar-refractivity contribution in [2.75, 3.05) is 0 Å². The first kappa shape index (κ1) is 13.1. The molecule has 3 nitrogen and oxygen atoms in total. The molecule has 1 aliphatic carbocycles. The number of pyridine rings is 1. The van der Waals surface area contributed by atoms with Crippen LogP contribution >= 0.6 is 0 Å². The summed E-state index contributed by atoms with van der Waals surface area (Å²) in [4.78, 5) is 4.02. The van der Waals surface area contributed by atoms with E-state index < -0.39 is 0 Å². The molecule has 1 aromatic carbocycles. The van der Waals surface area contributed by atoms with Crippen LogP contribution in [0.5, 0.6) is 5.75 Å². The number of nitrogens with one attached hydrogen (secondary N) is 1. The highest BCUT2D eigenvalue weighted by molar-refractivity contribution is 5.35. The van der Waals surface area contributed by atoms with Gasteiger partial charge in [0.05, 0.1) is 0 Å². The highest BCUT2D eigenvalue weighted by Crippen LogP contribution is 2.25. The van der Waals surface area contributed by atoms with Crippen molar-refractivity contribution < 1.29 is 9.13 Å². The Hall–Kier alpha value is -1.94. The lowest BCUT2D eigenvalue weighted by Crippen LogP contribution is -2.16. The maximum absolute atomic E-state index is 13.9. The fourth-order valence-corrected chi connectivity index (χ4v) is 2.04. The number of aromatic nitrogens is 1. The van der Waals surface area contributed by atoms with Crippen LogP contribution in [0.3, 0.4) is 0 Å². The highest BCUT2D eigenvalue weighted by Gasteiger charge is 2.21. The summed E-state index contributed by atoms with van der Waals surface area (Å²) in [6.45, 7) is 0.968. The molecule has 0 saturated heterocycles. The molecule has 0 amide bonds. The predicted molar refractivity (Wildman–Crippen MR) is 74.8 cm³/mol. The zero-order chi connectivity index (χ0) is 13.8. The second-order valence-corrected chi connectivity index (χ2v) is 5.03. The van der Waals surface area contributed by atoms with Gasteiger partial charge in [0, 0.05) is 36.1 Å². The molecular formula is C16H17FN2O. The molecule has 0 unspecified atom stereocenters. The van der Waals surface area contributed by atoms with Gasteiger partial charge in [-0.3, -0.25) is 4.98 Å². The Morgan fingerprint density at radius 1 is 1.25 bits per heavy atom. The summed E-state index contributed by atoms with van der Waals surface area (Å²) in [5, 5.41) is 3.38. The third-order valence-electron chi connectivity index (χ3n) is 3.31. The Labute approximate surface area is 117 Å². The van der Waals surface area contributed by atoms with E-state index in [1.165, 1.54) is 18.9 Å². The molecule has 1 heterocycles. The quantitative estimate of drug-likeness (QED) is 0.877. The van der Waals surface area contributed by atoms with Crippen molar-refractivity contribution in [2.45, 2.75) is 32.0 Å². The van der Waals surface area contributed by atoms with Crippen LogP contribution in [0.4, 0.5) is 4.39 Å². The van der Waals surface area contributed by atoms with Gasteiger partial charge in [0.2, 0.25) is 0 Å². The van der Waals surface area contributed by atoms with E-state index in [1.54, 1.807) is 18.5 Å². The molecular weight excluding hydrogens is 255 g/mol. The molecule has 0 atom stereocenters. The van der Waals surface area contributed by atoms with Crippen LogP contribution in [-0.2, 0) is 13.2 Å². The van der Waals surface area contributed by atoms with Gasteiger partial charge in [-0.2, -0.15) is 0 Å². The molecule has 20 heavy (non-hydrogen) atoms. The molecule has 3 rings (SSSR count). The van der Waals surface area contributed by atoms with Crippen LogP contribution in [0.1, 0.15) is 24.0 Å². The SMILES string of the molecule is Fc1cccc(CNC2CC2)c1OCc1cccnc1. The largest absolute Gasteiger partial charge is 0.485 e. The molecule has 104 valence electrons. The molecule has 4 heteroatoms. The van der Waals surface area contributed by atoms with Gasteiger partial charge in [-0.25, -0.2) is 4.39 Å². The number of rotatable bonds is 6. The molecule has 0 radical (unpaired) electrons. The summed E-state index contributed by atoms with van der Waals surface area (Å²) in [5.74, 6) is 0.0218. The standard InChI is InChI=1S/C16H17FN2O/c17-15-5-1-4-13(10-19-14-6-7-14)16(15)20-11-12-3-2-8-18-9-12/h1-5,8-9,14,19H,6-7,10-11H2. The summed E-state index contributed by atoms with van der Waals surface area (Å²) in [6.07, 6.45) is 5.85. The van der Waals surface area contributed by atoms with Gasteiger partial charge in [-0.05, 0) is 25.0 Å². The summed E-state index contributed by atoms with van der Waals surface area (Å²) < 4.78 is 19.6. The molecule has 1 saturated carbocycles. The van der Waals surface area contributed by atoms with Crippen LogP contribution in [0.25, 0.3) is 0 Å². The fourth-order valence-electron chi connectivity index (χ4n) is 2.04. The Morgan fingerprint density at radius 2 is 2.15 bits per heavy atom. The normalized spacial score (nSPS) is 14.2. The molecule has 1 aliphatic rings. The smallest absolute Gasteiger partial charge is 0.165 e. The van der Waals surface area contributed by atoms with E-state index in [-0.39, 0.29) is 5.82 Å². The van der Waals surface area contributed by atoms with Crippen LogP contribution < -0.4 is 10.1 Å². The Kier molecular flexibility index (Phi) is 3.92. The lowest BCUT2D eigenvalue weighted by molar-refractivity contribution is 0.285. The summed E-state index contributed by atoms with van der Waals surface area (Å²) >= 11 is 0. The summed E-state index contributed by atoms with van der Waals surface area (Å²) in [6, 6.07) is 9.39. The topological polar surface area (TPSA) is 34.1 Å². The van der Waals surface area contributed by atoms with E-state index in [2.05, 4.69) is 10.3 Å².